The van der Waals surface area contributed by atoms with E-state index in [-0.39, 0.29) is 5.91 Å². The number of halogens is 1. The molecule has 0 aromatic heterocycles. The summed E-state index contributed by atoms with van der Waals surface area (Å²) in [7, 11) is 1.59. The number of benzene rings is 2. The predicted octanol–water partition coefficient (Wildman–Crippen LogP) is 3.43. The third-order valence-electron chi connectivity index (χ3n) is 4.16. The molecule has 2 aromatic rings. The molecule has 0 unspecified atom stereocenters. The maximum Gasteiger partial charge on any atom is 0.255 e. The highest BCUT2D eigenvalue weighted by molar-refractivity contribution is 6.31. The Morgan fingerprint density at radius 3 is 2.56 bits per heavy atom. The quantitative estimate of drug-likeness (QED) is 0.887. The van der Waals surface area contributed by atoms with Gasteiger partial charge in [-0.05, 0) is 42.0 Å². The molecule has 1 aliphatic heterocycles. The van der Waals surface area contributed by atoms with Gasteiger partial charge in [-0.1, -0.05) is 17.7 Å². The Labute approximate surface area is 152 Å². The van der Waals surface area contributed by atoms with Crippen molar-refractivity contribution < 1.29 is 14.3 Å². The molecule has 2 aromatic carbocycles. The first-order chi connectivity index (χ1) is 12.2. The second kappa shape index (κ2) is 8.34. The van der Waals surface area contributed by atoms with Crippen molar-refractivity contribution in [1.82, 2.24) is 4.90 Å². The number of morpholine rings is 1. The van der Waals surface area contributed by atoms with Crippen LogP contribution in [0.3, 0.4) is 0 Å². The molecular formula is C19H21ClN2O3. The Balaban J connectivity index is 1.64. The van der Waals surface area contributed by atoms with E-state index in [9.17, 15) is 4.79 Å². The van der Waals surface area contributed by atoms with E-state index < -0.39 is 0 Å². The minimum Gasteiger partial charge on any atom is -0.497 e. The summed E-state index contributed by atoms with van der Waals surface area (Å²) in [6.45, 7) is 4.12. The van der Waals surface area contributed by atoms with Gasteiger partial charge in [0.2, 0.25) is 0 Å². The summed E-state index contributed by atoms with van der Waals surface area (Å²) in [5.41, 5.74) is 2.29. The number of hydrogen-bond acceptors (Lipinski definition) is 4. The molecule has 1 N–H and O–H groups in total. The predicted molar refractivity (Wildman–Crippen MR) is 98.5 cm³/mol. The van der Waals surface area contributed by atoms with Crippen LogP contribution in [0.25, 0.3) is 0 Å². The van der Waals surface area contributed by atoms with Crippen molar-refractivity contribution in [2.24, 2.45) is 0 Å². The summed E-state index contributed by atoms with van der Waals surface area (Å²) in [6.07, 6.45) is 0. The molecule has 0 saturated carbocycles. The molecule has 1 aliphatic rings. The Morgan fingerprint density at radius 1 is 1.20 bits per heavy atom. The van der Waals surface area contributed by atoms with Crippen LogP contribution in [0.5, 0.6) is 5.75 Å². The SMILES string of the molecule is COc1ccc(C(=O)Nc2ccc(CN3CCOCC3)c(Cl)c2)cc1. The standard InChI is InChI=1S/C19H21ClN2O3/c1-24-17-6-3-14(4-7-17)19(23)21-16-5-2-15(18(20)12-16)13-22-8-10-25-11-9-22/h2-7,12H,8-11,13H2,1H3,(H,21,23). The Morgan fingerprint density at radius 2 is 1.92 bits per heavy atom. The summed E-state index contributed by atoms with van der Waals surface area (Å²) in [5.74, 6) is 0.534. The molecule has 0 spiro atoms. The number of methoxy groups -OCH3 is 1. The first kappa shape index (κ1) is 17.7. The van der Waals surface area contributed by atoms with Crippen LogP contribution in [0, 0.1) is 0 Å². The van der Waals surface area contributed by atoms with E-state index in [1.165, 1.54) is 0 Å². The highest BCUT2D eigenvalue weighted by atomic mass is 35.5. The average Bonchev–Trinajstić information content (AvgIpc) is 2.65. The van der Waals surface area contributed by atoms with Crippen molar-refractivity contribution in [2.45, 2.75) is 6.54 Å². The van der Waals surface area contributed by atoms with Gasteiger partial charge in [-0.2, -0.15) is 0 Å². The van der Waals surface area contributed by atoms with Crippen LogP contribution in [0.4, 0.5) is 5.69 Å². The molecule has 6 heteroatoms. The summed E-state index contributed by atoms with van der Waals surface area (Å²) in [5, 5.41) is 3.52. The Kier molecular flexibility index (Phi) is 5.91. The zero-order valence-electron chi connectivity index (χ0n) is 14.1. The molecule has 0 radical (unpaired) electrons. The number of carbonyl (C=O) groups excluding carboxylic acids is 1. The molecule has 25 heavy (non-hydrogen) atoms. The first-order valence-corrected chi connectivity index (χ1v) is 8.57. The van der Waals surface area contributed by atoms with Crippen LogP contribution in [-0.4, -0.2) is 44.2 Å². The number of amides is 1. The van der Waals surface area contributed by atoms with Crippen molar-refractivity contribution >= 4 is 23.2 Å². The van der Waals surface area contributed by atoms with Gasteiger partial charge in [0.25, 0.3) is 5.91 Å². The number of nitrogens with one attached hydrogen (secondary N) is 1. The van der Waals surface area contributed by atoms with Gasteiger partial charge in [-0.25, -0.2) is 0 Å². The first-order valence-electron chi connectivity index (χ1n) is 8.19. The van der Waals surface area contributed by atoms with Gasteiger partial charge >= 0.3 is 0 Å². The van der Waals surface area contributed by atoms with E-state index in [0.29, 0.717) is 22.0 Å². The van der Waals surface area contributed by atoms with Gasteiger partial charge in [-0.3, -0.25) is 9.69 Å². The monoisotopic (exact) mass is 360 g/mol. The molecule has 5 nitrogen and oxygen atoms in total. The molecule has 132 valence electrons. The number of rotatable bonds is 5. The third kappa shape index (κ3) is 4.72. The van der Waals surface area contributed by atoms with E-state index >= 15 is 0 Å². The maximum atomic E-state index is 12.3. The second-order valence-corrected chi connectivity index (χ2v) is 6.28. The minimum atomic E-state index is -0.181. The van der Waals surface area contributed by atoms with Crippen LogP contribution in [0.2, 0.25) is 5.02 Å². The molecule has 1 amide bonds. The highest BCUT2D eigenvalue weighted by Gasteiger charge is 2.13. The van der Waals surface area contributed by atoms with E-state index in [4.69, 9.17) is 21.1 Å². The smallest absolute Gasteiger partial charge is 0.255 e. The zero-order valence-corrected chi connectivity index (χ0v) is 14.9. The molecular weight excluding hydrogens is 340 g/mol. The van der Waals surface area contributed by atoms with Crippen LogP contribution in [0.1, 0.15) is 15.9 Å². The Hall–Kier alpha value is -2.08. The normalized spacial score (nSPS) is 15.0. The van der Waals surface area contributed by atoms with Gasteiger partial charge < -0.3 is 14.8 Å². The summed E-state index contributed by atoms with van der Waals surface area (Å²) >= 11 is 6.39. The number of nitrogens with zero attached hydrogens (tertiary/aromatic N) is 1. The highest BCUT2D eigenvalue weighted by Crippen LogP contribution is 2.23. The number of hydrogen-bond donors (Lipinski definition) is 1. The van der Waals surface area contributed by atoms with Crippen molar-refractivity contribution in [3.8, 4) is 5.75 Å². The topological polar surface area (TPSA) is 50.8 Å². The molecule has 1 heterocycles. The van der Waals surface area contributed by atoms with Crippen molar-refractivity contribution in [3.05, 3.63) is 58.6 Å². The molecule has 1 fully saturated rings. The number of carbonyl (C=O) groups is 1. The van der Waals surface area contributed by atoms with Crippen LogP contribution >= 0.6 is 11.6 Å². The molecule has 0 atom stereocenters. The lowest BCUT2D eigenvalue weighted by Gasteiger charge is -2.27. The fraction of sp³-hybridized carbons (Fsp3) is 0.316. The van der Waals surface area contributed by atoms with Gasteiger partial charge in [0.1, 0.15) is 5.75 Å². The molecule has 0 aliphatic carbocycles. The van der Waals surface area contributed by atoms with Gasteiger partial charge in [-0.15, -0.1) is 0 Å². The van der Waals surface area contributed by atoms with Crippen molar-refractivity contribution in [1.29, 1.82) is 0 Å². The molecule has 0 bridgehead atoms. The summed E-state index contributed by atoms with van der Waals surface area (Å²) < 4.78 is 10.5. The minimum absolute atomic E-state index is 0.181. The van der Waals surface area contributed by atoms with Gasteiger partial charge in [0, 0.05) is 35.9 Å². The fourth-order valence-electron chi connectivity index (χ4n) is 2.70. The zero-order chi connectivity index (χ0) is 17.6. The summed E-state index contributed by atoms with van der Waals surface area (Å²) in [6, 6.07) is 12.6. The third-order valence-corrected chi connectivity index (χ3v) is 4.51. The van der Waals surface area contributed by atoms with E-state index in [2.05, 4.69) is 10.2 Å². The van der Waals surface area contributed by atoms with Gasteiger partial charge in [0.05, 0.1) is 20.3 Å². The van der Waals surface area contributed by atoms with Crippen LogP contribution in [0.15, 0.2) is 42.5 Å². The van der Waals surface area contributed by atoms with E-state index in [1.807, 2.05) is 12.1 Å². The number of ether oxygens (including phenoxy) is 2. The van der Waals surface area contributed by atoms with Gasteiger partial charge in [0.15, 0.2) is 0 Å². The molecule has 3 rings (SSSR count). The van der Waals surface area contributed by atoms with Crippen molar-refractivity contribution in [2.75, 3.05) is 38.7 Å². The van der Waals surface area contributed by atoms with Crippen LogP contribution in [-0.2, 0) is 11.3 Å². The average molecular weight is 361 g/mol. The second-order valence-electron chi connectivity index (χ2n) is 5.88. The largest absolute Gasteiger partial charge is 0.497 e. The molecule has 1 saturated heterocycles. The summed E-state index contributed by atoms with van der Waals surface area (Å²) in [4.78, 5) is 14.6. The Bertz CT molecular complexity index is 728. The van der Waals surface area contributed by atoms with E-state index in [1.54, 1.807) is 37.4 Å². The fourth-order valence-corrected chi connectivity index (χ4v) is 2.94. The maximum absolute atomic E-state index is 12.3. The van der Waals surface area contributed by atoms with Crippen molar-refractivity contribution in [3.63, 3.8) is 0 Å². The lowest BCUT2D eigenvalue weighted by atomic mass is 10.1. The van der Waals surface area contributed by atoms with Crippen LogP contribution < -0.4 is 10.1 Å². The lowest BCUT2D eigenvalue weighted by Crippen LogP contribution is -2.35. The van der Waals surface area contributed by atoms with E-state index in [0.717, 1.165) is 38.4 Å². The number of anilines is 1. The lowest BCUT2D eigenvalue weighted by molar-refractivity contribution is 0.0342.